The van der Waals surface area contributed by atoms with Crippen molar-refractivity contribution in [3.05, 3.63) is 28.8 Å². The van der Waals surface area contributed by atoms with E-state index in [1.54, 1.807) is 0 Å². The molecule has 1 amide bonds. The van der Waals surface area contributed by atoms with Gasteiger partial charge in [0.1, 0.15) is 5.41 Å². The fourth-order valence-corrected chi connectivity index (χ4v) is 2.77. The number of hydrogen-bond acceptors (Lipinski definition) is 2. The minimum atomic E-state index is -4.55. The van der Waals surface area contributed by atoms with Gasteiger partial charge in [0.2, 0.25) is 5.91 Å². The fourth-order valence-electron chi connectivity index (χ4n) is 2.53. The van der Waals surface area contributed by atoms with Crippen molar-refractivity contribution in [2.24, 2.45) is 11.3 Å². The zero-order valence-corrected chi connectivity index (χ0v) is 11.8. The van der Waals surface area contributed by atoms with Crippen LogP contribution < -0.4 is 5.32 Å². The first-order valence-electron chi connectivity index (χ1n) is 6.27. The molecular weight excluding hydrogens is 305 g/mol. The van der Waals surface area contributed by atoms with Gasteiger partial charge in [-0.25, -0.2) is 0 Å². The van der Waals surface area contributed by atoms with Crippen molar-refractivity contribution >= 4 is 23.2 Å². The normalized spacial score (nSPS) is 24.9. The van der Waals surface area contributed by atoms with Crippen molar-refractivity contribution < 1.29 is 18.0 Å². The van der Waals surface area contributed by atoms with E-state index in [0.29, 0.717) is 12.8 Å². The molecule has 21 heavy (non-hydrogen) atoms. The van der Waals surface area contributed by atoms with Gasteiger partial charge in [0.25, 0.3) is 0 Å². The summed E-state index contributed by atoms with van der Waals surface area (Å²) in [5.41, 5.74) is -2.16. The molecule has 1 aromatic carbocycles. The Balaban J connectivity index is 2.23. The second-order valence-corrected chi connectivity index (χ2v) is 5.82. The third-order valence-corrected chi connectivity index (χ3v) is 3.74. The molecule has 0 aliphatic heterocycles. The molecule has 0 radical (unpaired) electrons. The Hall–Kier alpha value is -1.74. The van der Waals surface area contributed by atoms with Gasteiger partial charge in [-0.05, 0) is 37.0 Å². The number of nitrogens with zero attached hydrogens (tertiary/aromatic N) is 1. The van der Waals surface area contributed by atoms with Crippen molar-refractivity contribution in [3.63, 3.8) is 0 Å². The number of amides is 1. The molecular formula is C14H12ClF3N2O. The van der Waals surface area contributed by atoms with Crippen LogP contribution in [-0.2, 0) is 11.0 Å². The van der Waals surface area contributed by atoms with E-state index in [0.717, 1.165) is 12.1 Å². The Kier molecular flexibility index (Phi) is 3.89. The van der Waals surface area contributed by atoms with E-state index in [4.69, 9.17) is 16.9 Å². The van der Waals surface area contributed by atoms with Crippen molar-refractivity contribution in [2.75, 3.05) is 5.32 Å². The number of nitrogens with one attached hydrogen (secondary N) is 1. The third-order valence-electron chi connectivity index (χ3n) is 3.53. The van der Waals surface area contributed by atoms with E-state index in [1.807, 2.05) is 13.0 Å². The molecule has 7 heteroatoms. The maximum atomic E-state index is 12.7. The van der Waals surface area contributed by atoms with E-state index in [9.17, 15) is 18.0 Å². The van der Waals surface area contributed by atoms with Crippen LogP contribution in [0.2, 0.25) is 5.02 Å². The summed E-state index contributed by atoms with van der Waals surface area (Å²) in [7, 11) is 0. The molecule has 112 valence electrons. The Labute approximate surface area is 124 Å². The third kappa shape index (κ3) is 3.13. The number of rotatable bonds is 2. The number of hydrogen-bond donors (Lipinski definition) is 1. The van der Waals surface area contributed by atoms with Crippen molar-refractivity contribution in [1.82, 2.24) is 0 Å². The van der Waals surface area contributed by atoms with Crippen LogP contribution >= 0.6 is 11.6 Å². The number of benzene rings is 1. The maximum Gasteiger partial charge on any atom is 0.416 e. The lowest BCUT2D eigenvalue weighted by Crippen LogP contribution is -2.45. The summed E-state index contributed by atoms with van der Waals surface area (Å²) in [6.45, 7) is 1.91. The summed E-state index contributed by atoms with van der Waals surface area (Å²) in [5, 5.41) is 11.4. The highest BCUT2D eigenvalue weighted by molar-refractivity contribution is 6.31. The van der Waals surface area contributed by atoms with Crippen molar-refractivity contribution in [2.45, 2.75) is 25.9 Å². The van der Waals surface area contributed by atoms with Gasteiger partial charge in [-0.1, -0.05) is 18.5 Å². The molecule has 0 aromatic heterocycles. The average molecular weight is 317 g/mol. The highest BCUT2D eigenvalue weighted by atomic mass is 35.5. The van der Waals surface area contributed by atoms with E-state index >= 15 is 0 Å². The van der Waals surface area contributed by atoms with Gasteiger partial charge in [0, 0.05) is 10.7 Å². The van der Waals surface area contributed by atoms with Gasteiger partial charge in [0.05, 0.1) is 11.6 Å². The Morgan fingerprint density at radius 1 is 1.43 bits per heavy atom. The summed E-state index contributed by atoms with van der Waals surface area (Å²) >= 11 is 5.64. The van der Waals surface area contributed by atoms with Crippen LogP contribution in [0, 0.1) is 22.7 Å². The van der Waals surface area contributed by atoms with Crippen LogP contribution in [0.15, 0.2) is 18.2 Å². The molecule has 1 aliphatic rings. The Morgan fingerprint density at radius 3 is 2.52 bits per heavy atom. The van der Waals surface area contributed by atoms with E-state index in [-0.39, 0.29) is 16.6 Å². The smallest absolute Gasteiger partial charge is 0.325 e. The van der Waals surface area contributed by atoms with Gasteiger partial charge in [-0.2, -0.15) is 18.4 Å². The monoisotopic (exact) mass is 316 g/mol. The molecule has 1 fully saturated rings. The van der Waals surface area contributed by atoms with Crippen LogP contribution in [0.4, 0.5) is 18.9 Å². The molecule has 0 saturated heterocycles. The fraction of sp³-hybridized carbons (Fsp3) is 0.429. The van der Waals surface area contributed by atoms with Crippen LogP contribution in [0.5, 0.6) is 0 Å². The quantitative estimate of drug-likeness (QED) is 0.887. The number of carbonyl (C=O) groups excluding carboxylic acids is 1. The first kappa shape index (κ1) is 15.6. The number of carbonyl (C=O) groups is 1. The second-order valence-electron chi connectivity index (χ2n) is 5.39. The second kappa shape index (κ2) is 5.23. The lowest BCUT2D eigenvalue weighted by molar-refractivity contribution is -0.137. The molecule has 0 spiro atoms. The average Bonchev–Trinajstić information content (AvgIpc) is 2.32. The van der Waals surface area contributed by atoms with Crippen LogP contribution in [0.3, 0.4) is 0 Å². The lowest BCUT2D eigenvalue weighted by Gasteiger charge is -2.39. The standard InChI is InChI=1S/C14H12ClF3N2O/c1-8-5-13(6-8,7-19)12(21)20-11-3-9(14(16,17)18)2-10(15)4-11/h2-4,8H,5-6H2,1H3,(H,20,21). The highest BCUT2D eigenvalue weighted by Crippen LogP contribution is 2.45. The summed E-state index contributed by atoms with van der Waals surface area (Å²) in [5.74, 6) is -0.334. The molecule has 0 atom stereocenters. The molecule has 1 aliphatic carbocycles. The predicted molar refractivity (Wildman–Crippen MR) is 71.5 cm³/mol. The van der Waals surface area contributed by atoms with Crippen molar-refractivity contribution in [3.8, 4) is 6.07 Å². The SMILES string of the molecule is CC1CC(C#N)(C(=O)Nc2cc(Cl)cc(C(F)(F)F)c2)C1. The summed E-state index contributed by atoms with van der Waals surface area (Å²) in [6, 6.07) is 4.76. The summed E-state index contributed by atoms with van der Waals surface area (Å²) in [6.07, 6.45) is -3.74. The molecule has 3 nitrogen and oxygen atoms in total. The summed E-state index contributed by atoms with van der Waals surface area (Å²) in [4.78, 5) is 12.1. The largest absolute Gasteiger partial charge is 0.416 e. The Morgan fingerprint density at radius 2 is 2.05 bits per heavy atom. The zero-order valence-electron chi connectivity index (χ0n) is 11.1. The van der Waals surface area contributed by atoms with Gasteiger partial charge < -0.3 is 5.32 Å². The highest BCUT2D eigenvalue weighted by Gasteiger charge is 2.49. The number of alkyl halides is 3. The van der Waals surface area contributed by atoms with Gasteiger partial charge in [-0.3, -0.25) is 4.79 Å². The summed E-state index contributed by atoms with van der Waals surface area (Å²) < 4.78 is 38.1. The van der Waals surface area contributed by atoms with Crippen LogP contribution in [-0.4, -0.2) is 5.91 Å². The molecule has 2 rings (SSSR count). The van der Waals surface area contributed by atoms with E-state index < -0.39 is 23.1 Å². The minimum Gasteiger partial charge on any atom is -0.325 e. The molecule has 0 bridgehead atoms. The molecule has 0 heterocycles. The molecule has 1 saturated carbocycles. The molecule has 1 aromatic rings. The van der Waals surface area contributed by atoms with Crippen LogP contribution in [0.1, 0.15) is 25.3 Å². The van der Waals surface area contributed by atoms with Gasteiger partial charge in [-0.15, -0.1) is 0 Å². The zero-order chi connectivity index (χ0) is 15.8. The maximum absolute atomic E-state index is 12.7. The number of halogens is 4. The number of nitriles is 1. The minimum absolute atomic E-state index is 0.0611. The predicted octanol–water partition coefficient (Wildman–Crippen LogP) is 4.24. The molecule has 0 unspecified atom stereocenters. The van der Waals surface area contributed by atoms with Crippen LogP contribution in [0.25, 0.3) is 0 Å². The number of anilines is 1. The topological polar surface area (TPSA) is 52.9 Å². The first-order chi connectivity index (χ1) is 9.66. The Bertz CT molecular complexity index is 616. The van der Waals surface area contributed by atoms with Gasteiger partial charge in [0.15, 0.2) is 0 Å². The molecule has 1 N–H and O–H groups in total. The van der Waals surface area contributed by atoms with E-state index in [1.165, 1.54) is 6.07 Å². The van der Waals surface area contributed by atoms with Gasteiger partial charge >= 0.3 is 6.18 Å². The van der Waals surface area contributed by atoms with E-state index in [2.05, 4.69) is 5.32 Å². The van der Waals surface area contributed by atoms with Crippen molar-refractivity contribution in [1.29, 1.82) is 5.26 Å². The first-order valence-corrected chi connectivity index (χ1v) is 6.64. The lowest BCUT2D eigenvalue weighted by atomic mass is 9.63.